The standard InChI is InChI=1S/C12H16BrFN2O2S/c13-10-7-9(14)3-4-11(10)19(17,18)16-12(8-15)5-1-2-6-12/h3-4,7,16H,1-2,5-6,8,15H2. The molecule has 0 saturated heterocycles. The molecule has 0 bridgehead atoms. The predicted molar refractivity (Wildman–Crippen MR) is 74.7 cm³/mol. The Kier molecular flexibility index (Phi) is 4.29. The van der Waals surface area contributed by atoms with Crippen LogP contribution in [-0.2, 0) is 10.0 Å². The van der Waals surface area contributed by atoms with Crippen LogP contribution in [0.3, 0.4) is 0 Å². The van der Waals surface area contributed by atoms with Gasteiger partial charge in [0.1, 0.15) is 5.82 Å². The van der Waals surface area contributed by atoms with Crippen LogP contribution in [0, 0.1) is 5.82 Å². The van der Waals surface area contributed by atoms with Gasteiger partial charge in [0.2, 0.25) is 10.0 Å². The molecule has 106 valence electrons. The van der Waals surface area contributed by atoms with Gasteiger partial charge in [-0.15, -0.1) is 0 Å². The summed E-state index contributed by atoms with van der Waals surface area (Å²) in [5.41, 5.74) is 5.15. The molecule has 0 unspecified atom stereocenters. The van der Waals surface area contributed by atoms with Crippen LogP contribution >= 0.6 is 15.9 Å². The normalized spacial score (nSPS) is 18.7. The number of hydrogen-bond acceptors (Lipinski definition) is 3. The zero-order chi connectivity index (χ0) is 14.1. The lowest BCUT2D eigenvalue weighted by molar-refractivity contribution is 0.399. The Balaban J connectivity index is 2.32. The second kappa shape index (κ2) is 5.47. The molecule has 0 aromatic heterocycles. The summed E-state index contributed by atoms with van der Waals surface area (Å²) in [6.45, 7) is 0.269. The van der Waals surface area contributed by atoms with E-state index in [0.29, 0.717) is 0 Å². The molecule has 4 nitrogen and oxygen atoms in total. The predicted octanol–water partition coefficient (Wildman–Crippen LogP) is 2.14. The van der Waals surface area contributed by atoms with Crippen molar-refractivity contribution in [2.24, 2.45) is 5.73 Å². The molecule has 1 fully saturated rings. The zero-order valence-electron chi connectivity index (χ0n) is 10.3. The van der Waals surface area contributed by atoms with E-state index in [4.69, 9.17) is 5.73 Å². The highest BCUT2D eigenvalue weighted by Gasteiger charge is 2.37. The fraction of sp³-hybridized carbons (Fsp3) is 0.500. The van der Waals surface area contributed by atoms with Gasteiger partial charge in [0.05, 0.1) is 4.90 Å². The van der Waals surface area contributed by atoms with Crippen LogP contribution in [0.5, 0.6) is 0 Å². The van der Waals surface area contributed by atoms with E-state index in [1.165, 1.54) is 6.07 Å². The van der Waals surface area contributed by atoms with Crippen LogP contribution in [-0.4, -0.2) is 20.5 Å². The van der Waals surface area contributed by atoms with Crippen LogP contribution in [0.15, 0.2) is 27.6 Å². The molecule has 3 N–H and O–H groups in total. The Bertz CT molecular complexity index is 571. The molecule has 1 aromatic rings. The van der Waals surface area contributed by atoms with Gasteiger partial charge in [-0.1, -0.05) is 12.8 Å². The molecule has 2 rings (SSSR count). The number of nitrogens with one attached hydrogen (secondary N) is 1. The van der Waals surface area contributed by atoms with E-state index in [-0.39, 0.29) is 15.9 Å². The van der Waals surface area contributed by atoms with Gasteiger partial charge in [0, 0.05) is 16.6 Å². The Morgan fingerprint density at radius 1 is 1.37 bits per heavy atom. The summed E-state index contributed by atoms with van der Waals surface area (Å²) >= 11 is 3.08. The Morgan fingerprint density at radius 2 is 2.00 bits per heavy atom. The van der Waals surface area contributed by atoms with Gasteiger partial charge in [-0.2, -0.15) is 0 Å². The SMILES string of the molecule is NCC1(NS(=O)(=O)c2ccc(F)cc2Br)CCCC1. The lowest BCUT2D eigenvalue weighted by atomic mass is 10.0. The van der Waals surface area contributed by atoms with E-state index in [2.05, 4.69) is 20.7 Å². The summed E-state index contributed by atoms with van der Waals surface area (Å²) in [5, 5.41) is 0. The average Bonchev–Trinajstić information content (AvgIpc) is 2.77. The molecule has 0 spiro atoms. The quantitative estimate of drug-likeness (QED) is 0.873. The van der Waals surface area contributed by atoms with Crippen LogP contribution < -0.4 is 10.5 Å². The first-order valence-corrected chi connectivity index (χ1v) is 8.35. The summed E-state index contributed by atoms with van der Waals surface area (Å²) in [5.74, 6) is -0.486. The number of sulfonamides is 1. The first kappa shape index (κ1) is 14.9. The molecule has 1 aliphatic rings. The average molecular weight is 351 g/mol. The van der Waals surface area contributed by atoms with Crippen molar-refractivity contribution in [3.05, 3.63) is 28.5 Å². The van der Waals surface area contributed by atoms with Crippen molar-refractivity contribution in [2.45, 2.75) is 36.1 Å². The van der Waals surface area contributed by atoms with Gasteiger partial charge in [-0.3, -0.25) is 0 Å². The molecule has 7 heteroatoms. The van der Waals surface area contributed by atoms with Crippen LogP contribution in [0.25, 0.3) is 0 Å². The Labute approximate surface area is 120 Å². The minimum atomic E-state index is -3.71. The summed E-state index contributed by atoms with van der Waals surface area (Å²) < 4.78 is 40.7. The summed E-state index contributed by atoms with van der Waals surface area (Å²) in [7, 11) is -3.71. The Morgan fingerprint density at radius 3 is 2.53 bits per heavy atom. The third-order valence-electron chi connectivity index (χ3n) is 3.49. The molecule has 0 atom stereocenters. The van der Waals surface area contributed by atoms with E-state index in [1.807, 2.05) is 0 Å². The van der Waals surface area contributed by atoms with E-state index in [1.54, 1.807) is 0 Å². The van der Waals surface area contributed by atoms with Gasteiger partial charge in [-0.25, -0.2) is 17.5 Å². The largest absolute Gasteiger partial charge is 0.329 e. The van der Waals surface area contributed by atoms with Crippen molar-refractivity contribution in [3.8, 4) is 0 Å². The number of benzene rings is 1. The molecule has 1 saturated carbocycles. The van der Waals surface area contributed by atoms with Crippen molar-refractivity contribution in [3.63, 3.8) is 0 Å². The van der Waals surface area contributed by atoms with Crippen LogP contribution in [0.4, 0.5) is 4.39 Å². The first-order valence-electron chi connectivity index (χ1n) is 6.08. The lowest BCUT2D eigenvalue weighted by Gasteiger charge is -2.28. The van der Waals surface area contributed by atoms with Crippen LogP contribution in [0.2, 0.25) is 0 Å². The number of nitrogens with two attached hydrogens (primary N) is 1. The molecule has 1 aliphatic carbocycles. The topological polar surface area (TPSA) is 72.2 Å². The molecular weight excluding hydrogens is 335 g/mol. The highest BCUT2D eigenvalue weighted by atomic mass is 79.9. The van der Waals surface area contributed by atoms with Crippen molar-refractivity contribution in [2.75, 3.05) is 6.54 Å². The maximum Gasteiger partial charge on any atom is 0.242 e. The fourth-order valence-corrected chi connectivity index (χ4v) is 4.95. The minimum Gasteiger partial charge on any atom is -0.329 e. The van der Waals surface area contributed by atoms with Gasteiger partial charge >= 0.3 is 0 Å². The van der Waals surface area contributed by atoms with Crippen molar-refractivity contribution in [1.29, 1.82) is 0 Å². The van der Waals surface area contributed by atoms with Gasteiger partial charge in [-0.05, 0) is 47.0 Å². The fourth-order valence-electron chi connectivity index (χ4n) is 2.43. The van der Waals surface area contributed by atoms with Crippen LogP contribution in [0.1, 0.15) is 25.7 Å². The number of rotatable bonds is 4. The summed E-state index contributed by atoms with van der Waals surface area (Å²) in [6.07, 6.45) is 3.40. The second-order valence-corrected chi connectivity index (χ2v) is 7.38. The maximum absolute atomic E-state index is 13.0. The van der Waals surface area contributed by atoms with Crippen molar-refractivity contribution < 1.29 is 12.8 Å². The number of halogens is 2. The zero-order valence-corrected chi connectivity index (χ0v) is 12.7. The van der Waals surface area contributed by atoms with Crippen molar-refractivity contribution in [1.82, 2.24) is 4.72 Å². The molecule has 19 heavy (non-hydrogen) atoms. The smallest absolute Gasteiger partial charge is 0.242 e. The molecular formula is C12H16BrFN2O2S. The number of hydrogen-bond donors (Lipinski definition) is 2. The van der Waals surface area contributed by atoms with E-state index in [9.17, 15) is 12.8 Å². The van der Waals surface area contributed by atoms with Gasteiger partial charge < -0.3 is 5.73 Å². The Hall–Kier alpha value is -0.500. The molecule has 0 amide bonds. The minimum absolute atomic E-state index is 0.0358. The molecule has 1 aromatic carbocycles. The van der Waals surface area contributed by atoms with Crippen molar-refractivity contribution >= 4 is 26.0 Å². The molecule has 0 radical (unpaired) electrons. The first-order chi connectivity index (χ1) is 8.88. The maximum atomic E-state index is 13.0. The second-order valence-electron chi connectivity index (χ2n) is 4.87. The summed E-state index contributed by atoms with van der Waals surface area (Å²) in [4.78, 5) is 0.0358. The third-order valence-corrected chi connectivity index (χ3v) is 6.04. The molecule has 0 heterocycles. The third kappa shape index (κ3) is 3.16. The van der Waals surface area contributed by atoms with E-state index < -0.39 is 21.4 Å². The van der Waals surface area contributed by atoms with Gasteiger partial charge in [0.15, 0.2) is 0 Å². The summed E-state index contributed by atoms with van der Waals surface area (Å²) in [6, 6.07) is 3.52. The van der Waals surface area contributed by atoms with E-state index in [0.717, 1.165) is 37.8 Å². The van der Waals surface area contributed by atoms with Gasteiger partial charge in [0.25, 0.3) is 0 Å². The van der Waals surface area contributed by atoms with E-state index >= 15 is 0 Å². The molecule has 0 aliphatic heterocycles. The lowest BCUT2D eigenvalue weighted by Crippen LogP contribution is -2.51. The highest BCUT2D eigenvalue weighted by Crippen LogP contribution is 2.31. The monoisotopic (exact) mass is 350 g/mol. The highest BCUT2D eigenvalue weighted by molar-refractivity contribution is 9.10.